The summed E-state index contributed by atoms with van der Waals surface area (Å²) in [6.07, 6.45) is 0. The molecule has 0 saturated carbocycles. The van der Waals surface area contributed by atoms with Gasteiger partial charge in [-0.3, -0.25) is 4.79 Å². The Bertz CT molecular complexity index is 1010. The number of aryl methyl sites for hydroxylation is 1. The van der Waals surface area contributed by atoms with Gasteiger partial charge in [-0.15, -0.1) is 0 Å². The summed E-state index contributed by atoms with van der Waals surface area (Å²) in [4.78, 5) is 12.8. The molecule has 0 spiro atoms. The summed E-state index contributed by atoms with van der Waals surface area (Å²) >= 11 is 0. The quantitative estimate of drug-likeness (QED) is 0.657. The standard InChI is InChI=1S/C23H26N2O4/c1-15-12-20(16(2)25(15)18-7-9-19(27-3)10-8-18)23(26)24-14-17-6-11-21(28-4)22(13-17)29-5/h6-13H,14H2,1-5H3,(H,24,26). The van der Waals surface area contributed by atoms with Crippen LogP contribution in [0.4, 0.5) is 0 Å². The van der Waals surface area contributed by atoms with Crippen molar-refractivity contribution >= 4 is 5.91 Å². The van der Waals surface area contributed by atoms with Crippen LogP contribution in [0.1, 0.15) is 27.3 Å². The number of benzene rings is 2. The van der Waals surface area contributed by atoms with E-state index in [2.05, 4.69) is 9.88 Å². The maximum Gasteiger partial charge on any atom is 0.253 e. The molecule has 0 unspecified atom stereocenters. The Morgan fingerprint density at radius 3 is 2.21 bits per heavy atom. The molecule has 0 aliphatic heterocycles. The van der Waals surface area contributed by atoms with Crippen molar-refractivity contribution < 1.29 is 19.0 Å². The van der Waals surface area contributed by atoms with Crippen molar-refractivity contribution in [3.8, 4) is 22.9 Å². The first-order chi connectivity index (χ1) is 14.0. The van der Waals surface area contributed by atoms with Crippen molar-refractivity contribution in [2.45, 2.75) is 20.4 Å². The fraction of sp³-hybridized carbons (Fsp3) is 0.261. The monoisotopic (exact) mass is 394 g/mol. The summed E-state index contributed by atoms with van der Waals surface area (Å²) in [7, 11) is 4.83. The highest BCUT2D eigenvalue weighted by Crippen LogP contribution is 2.27. The Morgan fingerprint density at radius 1 is 0.897 bits per heavy atom. The second kappa shape index (κ2) is 8.73. The van der Waals surface area contributed by atoms with Gasteiger partial charge in [-0.25, -0.2) is 0 Å². The molecule has 1 heterocycles. The lowest BCUT2D eigenvalue weighted by atomic mass is 10.2. The summed E-state index contributed by atoms with van der Waals surface area (Å²) < 4.78 is 17.9. The van der Waals surface area contributed by atoms with Gasteiger partial charge in [0.25, 0.3) is 5.91 Å². The minimum Gasteiger partial charge on any atom is -0.497 e. The van der Waals surface area contributed by atoms with Gasteiger partial charge in [-0.2, -0.15) is 0 Å². The fourth-order valence-electron chi connectivity index (χ4n) is 3.39. The lowest BCUT2D eigenvalue weighted by Crippen LogP contribution is -2.23. The van der Waals surface area contributed by atoms with Gasteiger partial charge in [-0.05, 0) is 61.9 Å². The first-order valence-electron chi connectivity index (χ1n) is 9.31. The van der Waals surface area contributed by atoms with Crippen molar-refractivity contribution in [1.82, 2.24) is 9.88 Å². The number of carbonyl (C=O) groups excluding carboxylic acids is 1. The molecule has 1 N–H and O–H groups in total. The van der Waals surface area contributed by atoms with E-state index < -0.39 is 0 Å². The third kappa shape index (κ3) is 4.21. The Hall–Kier alpha value is -3.41. The van der Waals surface area contributed by atoms with Crippen molar-refractivity contribution in [2.75, 3.05) is 21.3 Å². The molecule has 0 aliphatic rings. The van der Waals surface area contributed by atoms with Gasteiger partial charge in [0.1, 0.15) is 5.75 Å². The molecule has 0 saturated heterocycles. The van der Waals surface area contributed by atoms with Gasteiger partial charge < -0.3 is 24.1 Å². The lowest BCUT2D eigenvalue weighted by molar-refractivity contribution is 0.0950. The van der Waals surface area contributed by atoms with Crippen LogP contribution in [0.2, 0.25) is 0 Å². The molecule has 0 atom stereocenters. The first-order valence-corrected chi connectivity index (χ1v) is 9.31. The van der Waals surface area contributed by atoms with E-state index in [0.29, 0.717) is 23.6 Å². The summed E-state index contributed by atoms with van der Waals surface area (Å²) in [5.41, 5.74) is 4.44. The predicted octanol–water partition coefficient (Wildman–Crippen LogP) is 4.05. The second-order valence-corrected chi connectivity index (χ2v) is 6.69. The molecule has 1 aromatic heterocycles. The summed E-state index contributed by atoms with van der Waals surface area (Å²) in [6.45, 7) is 4.33. The molecule has 2 aromatic carbocycles. The maximum absolute atomic E-state index is 12.8. The Balaban J connectivity index is 1.78. The molecule has 152 valence electrons. The van der Waals surface area contributed by atoms with Gasteiger partial charge in [-0.1, -0.05) is 6.07 Å². The number of nitrogens with zero attached hydrogens (tertiary/aromatic N) is 1. The number of nitrogens with one attached hydrogen (secondary N) is 1. The normalized spacial score (nSPS) is 10.5. The zero-order chi connectivity index (χ0) is 21.0. The number of hydrogen-bond acceptors (Lipinski definition) is 4. The Kier molecular flexibility index (Phi) is 6.12. The molecule has 1 amide bonds. The van der Waals surface area contributed by atoms with E-state index in [1.807, 2.05) is 62.4 Å². The number of aromatic nitrogens is 1. The van der Waals surface area contributed by atoms with Crippen LogP contribution >= 0.6 is 0 Å². The molecular weight excluding hydrogens is 368 g/mol. The van der Waals surface area contributed by atoms with Crippen molar-refractivity contribution in [3.63, 3.8) is 0 Å². The maximum atomic E-state index is 12.8. The average Bonchev–Trinajstić information content (AvgIpc) is 3.05. The smallest absolute Gasteiger partial charge is 0.253 e. The SMILES string of the molecule is COc1ccc(-n2c(C)cc(C(=O)NCc3ccc(OC)c(OC)c3)c2C)cc1. The van der Waals surface area contributed by atoms with Crippen LogP contribution in [-0.2, 0) is 6.54 Å². The molecular formula is C23H26N2O4. The summed E-state index contributed by atoms with van der Waals surface area (Å²) in [6, 6.07) is 15.3. The molecule has 3 rings (SSSR count). The van der Waals surface area contributed by atoms with E-state index in [1.54, 1.807) is 21.3 Å². The highest BCUT2D eigenvalue weighted by Gasteiger charge is 2.17. The number of hydrogen-bond donors (Lipinski definition) is 1. The lowest BCUT2D eigenvalue weighted by Gasteiger charge is -2.12. The van der Waals surface area contributed by atoms with E-state index in [1.165, 1.54) is 0 Å². The van der Waals surface area contributed by atoms with Gasteiger partial charge >= 0.3 is 0 Å². The highest BCUT2D eigenvalue weighted by molar-refractivity contribution is 5.95. The highest BCUT2D eigenvalue weighted by atomic mass is 16.5. The first kappa shape index (κ1) is 20.3. The van der Waals surface area contributed by atoms with Crippen LogP contribution < -0.4 is 19.5 Å². The minimum atomic E-state index is -0.118. The minimum absolute atomic E-state index is 0.118. The number of amides is 1. The van der Waals surface area contributed by atoms with Crippen molar-refractivity contribution in [3.05, 3.63) is 71.0 Å². The third-order valence-corrected chi connectivity index (χ3v) is 4.91. The zero-order valence-electron chi connectivity index (χ0n) is 17.4. The topological polar surface area (TPSA) is 61.7 Å². The second-order valence-electron chi connectivity index (χ2n) is 6.69. The molecule has 0 radical (unpaired) electrons. The average molecular weight is 394 g/mol. The van der Waals surface area contributed by atoms with Gasteiger partial charge in [0, 0.05) is 23.6 Å². The van der Waals surface area contributed by atoms with Crippen molar-refractivity contribution in [2.24, 2.45) is 0 Å². The molecule has 29 heavy (non-hydrogen) atoms. The fourth-order valence-corrected chi connectivity index (χ4v) is 3.39. The Morgan fingerprint density at radius 2 is 1.59 bits per heavy atom. The summed E-state index contributed by atoms with van der Waals surface area (Å²) in [5, 5.41) is 2.99. The molecule has 6 nitrogen and oxygen atoms in total. The van der Waals surface area contributed by atoms with Crippen LogP contribution in [0, 0.1) is 13.8 Å². The van der Waals surface area contributed by atoms with E-state index in [-0.39, 0.29) is 5.91 Å². The Labute approximate surface area is 171 Å². The van der Waals surface area contributed by atoms with E-state index in [4.69, 9.17) is 14.2 Å². The number of carbonyl (C=O) groups is 1. The molecule has 6 heteroatoms. The van der Waals surface area contributed by atoms with E-state index in [0.717, 1.165) is 28.4 Å². The molecule has 3 aromatic rings. The van der Waals surface area contributed by atoms with Crippen LogP contribution in [0.3, 0.4) is 0 Å². The predicted molar refractivity (Wildman–Crippen MR) is 113 cm³/mol. The number of rotatable bonds is 7. The molecule has 0 bridgehead atoms. The largest absolute Gasteiger partial charge is 0.497 e. The zero-order valence-corrected chi connectivity index (χ0v) is 17.4. The number of ether oxygens (including phenoxy) is 3. The van der Waals surface area contributed by atoms with Crippen LogP contribution in [-0.4, -0.2) is 31.8 Å². The third-order valence-electron chi connectivity index (χ3n) is 4.91. The van der Waals surface area contributed by atoms with E-state index in [9.17, 15) is 4.79 Å². The van der Waals surface area contributed by atoms with Gasteiger partial charge in [0.2, 0.25) is 0 Å². The summed E-state index contributed by atoms with van der Waals surface area (Å²) in [5.74, 6) is 1.97. The van der Waals surface area contributed by atoms with Crippen LogP contribution in [0.15, 0.2) is 48.5 Å². The van der Waals surface area contributed by atoms with Crippen LogP contribution in [0.25, 0.3) is 5.69 Å². The molecule has 0 aliphatic carbocycles. The van der Waals surface area contributed by atoms with Gasteiger partial charge in [0.15, 0.2) is 11.5 Å². The van der Waals surface area contributed by atoms with E-state index >= 15 is 0 Å². The van der Waals surface area contributed by atoms with Gasteiger partial charge in [0.05, 0.1) is 26.9 Å². The van der Waals surface area contributed by atoms with Crippen LogP contribution in [0.5, 0.6) is 17.2 Å². The molecule has 0 fully saturated rings. The van der Waals surface area contributed by atoms with Crippen molar-refractivity contribution in [1.29, 1.82) is 0 Å². The number of methoxy groups -OCH3 is 3.